The average Bonchev–Trinajstić information content (AvgIpc) is 4.08. The molecular weight excluding hydrogens is 761 g/mol. The molecule has 14 heteroatoms. The van der Waals surface area contributed by atoms with Crippen molar-refractivity contribution >= 4 is 51.6 Å². The summed E-state index contributed by atoms with van der Waals surface area (Å²) in [6.07, 6.45) is 6.12. The number of nitrogens with zero attached hydrogens (tertiary/aromatic N) is 4. The molecule has 3 aromatic carbocycles. The Morgan fingerprint density at radius 2 is 1.20 bits per heavy atom. The maximum atomic E-state index is 13.7. The molecule has 0 saturated carbocycles. The van der Waals surface area contributed by atoms with Gasteiger partial charge in [-0.25, -0.2) is 19.6 Å². The topological polar surface area (TPSA) is 175 Å². The molecule has 2 fully saturated rings. The molecule has 2 aliphatic heterocycles. The van der Waals surface area contributed by atoms with Crippen molar-refractivity contribution in [2.24, 2.45) is 11.8 Å². The molecule has 4 N–H and O–H groups in total. The number of carbonyl (C=O) groups excluding carboxylic acids is 4. The van der Waals surface area contributed by atoms with E-state index in [-0.39, 0.29) is 35.7 Å². The van der Waals surface area contributed by atoms with Crippen molar-refractivity contribution in [3.8, 4) is 11.1 Å². The summed E-state index contributed by atoms with van der Waals surface area (Å²) in [5.74, 6) is 0.995. The third-order valence-corrected chi connectivity index (χ3v) is 12.3. The van der Waals surface area contributed by atoms with Gasteiger partial charge in [0.25, 0.3) is 0 Å². The molecule has 3 aliphatic rings. The minimum atomic E-state index is -0.696. The normalized spacial score (nSPS) is 18.8. The monoisotopic (exact) mass is 814 g/mol. The summed E-state index contributed by atoms with van der Waals surface area (Å²) in [6, 6.07) is 17.3. The van der Waals surface area contributed by atoms with Crippen LogP contribution in [0.15, 0.2) is 60.7 Å². The van der Waals surface area contributed by atoms with Crippen LogP contribution in [0.25, 0.3) is 38.8 Å². The first kappa shape index (κ1) is 40.6. The molecule has 0 bridgehead atoms. The Bertz CT molecular complexity index is 2480. The number of hydrogen-bond acceptors (Lipinski definition) is 8. The minimum Gasteiger partial charge on any atom is -0.453 e. The molecule has 14 nitrogen and oxygen atoms in total. The predicted octanol–water partition coefficient (Wildman–Crippen LogP) is 7.57. The van der Waals surface area contributed by atoms with Gasteiger partial charge in [0, 0.05) is 13.1 Å². The van der Waals surface area contributed by atoms with E-state index in [9.17, 15) is 19.2 Å². The van der Waals surface area contributed by atoms with Crippen molar-refractivity contribution in [1.82, 2.24) is 40.4 Å². The Balaban J connectivity index is 1.04. The molecule has 8 rings (SSSR count). The van der Waals surface area contributed by atoms with Gasteiger partial charge in [-0.1, -0.05) is 64.1 Å². The van der Waals surface area contributed by atoms with Crippen LogP contribution in [0.3, 0.4) is 0 Å². The highest BCUT2D eigenvalue weighted by atomic mass is 16.5. The summed E-state index contributed by atoms with van der Waals surface area (Å²) < 4.78 is 9.60. The van der Waals surface area contributed by atoms with Crippen LogP contribution in [0.2, 0.25) is 0 Å². The zero-order valence-corrected chi connectivity index (χ0v) is 35.1. The summed E-state index contributed by atoms with van der Waals surface area (Å²) in [7, 11) is 2.60. The van der Waals surface area contributed by atoms with Crippen LogP contribution in [-0.4, -0.2) is 93.1 Å². The summed E-state index contributed by atoms with van der Waals surface area (Å²) in [4.78, 5) is 72.3. The van der Waals surface area contributed by atoms with Gasteiger partial charge in [-0.2, -0.15) is 0 Å². The first-order valence-electron chi connectivity index (χ1n) is 21.1. The molecular formula is C46H54N8O6. The number of H-pyrrole nitrogens is 2. The largest absolute Gasteiger partial charge is 0.453 e. The molecule has 2 saturated heterocycles. The van der Waals surface area contributed by atoms with E-state index in [2.05, 4.69) is 69.1 Å². The van der Waals surface area contributed by atoms with Crippen molar-refractivity contribution in [3.63, 3.8) is 0 Å². The van der Waals surface area contributed by atoms with E-state index < -0.39 is 24.3 Å². The zero-order chi connectivity index (χ0) is 42.2. The lowest BCUT2D eigenvalue weighted by Gasteiger charge is -2.29. The van der Waals surface area contributed by atoms with Crippen molar-refractivity contribution in [1.29, 1.82) is 0 Å². The summed E-state index contributed by atoms with van der Waals surface area (Å²) >= 11 is 0. The fraction of sp³-hybridized carbons (Fsp3) is 0.435. The molecule has 4 amide bonds. The maximum absolute atomic E-state index is 13.7. The fourth-order valence-corrected chi connectivity index (χ4v) is 9.22. The SMILES string of the molecule is COC(=O)N[C@H](C(=O)N1CCC[C@H]1c1nc2ccc(C3=CCCc4c3cccc4-c3ccc4nc([C@@H]5CCCN5C(=O)[C@@H](NC(=O)OC)C(C)C)[nH]c4c3)cc2[nH]1)C(C)C. The van der Waals surface area contributed by atoms with Gasteiger partial charge in [-0.15, -0.1) is 0 Å². The number of carbonyl (C=O) groups is 4. The van der Waals surface area contributed by atoms with E-state index in [4.69, 9.17) is 19.4 Å². The number of alkyl carbamates (subject to hydrolysis) is 2. The van der Waals surface area contributed by atoms with Crippen molar-refractivity contribution in [2.45, 2.75) is 90.4 Å². The molecule has 0 unspecified atom stereocenters. The van der Waals surface area contributed by atoms with E-state index in [1.807, 2.05) is 49.6 Å². The van der Waals surface area contributed by atoms with Gasteiger partial charge in [-0.05, 0) is 108 Å². The van der Waals surface area contributed by atoms with Gasteiger partial charge >= 0.3 is 12.2 Å². The number of rotatable bonds is 10. The molecule has 314 valence electrons. The highest BCUT2D eigenvalue weighted by Crippen LogP contribution is 2.40. The van der Waals surface area contributed by atoms with Crippen molar-refractivity contribution in [3.05, 3.63) is 89.0 Å². The number of allylic oxidation sites excluding steroid dienone is 1. The standard InChI is InChI=1S/C46H54N8O6/c1-25(2)39(51-45(57)59-5)43(55)53-21-9-15-37(53)41-47-33-19-17-27(23-35(33)49-41)29-11-7-14-32-30(12-8-13-31(29)32)28-18-20-34-36(24-28)50-42(48-34)38-16-10-22-54(38)44(56)40(26(3)4)52-46(58)60-6/h7,11-12,14,17-20,23-26,37-40H,8-10,13,15-16,21-22H2,1-6H3,(H,47,49)(H,48,50)(H,51,57)(H,52,58)/t37-,38-,39-,40-/m0/s1. The number of fused-ring (bicyclic) bond motifs is 3. The van der Waals surface area contributed by atoms with E-state index in [0.717, 1.165) is 83.4 Å². The molecule has 4 atom stereocenters. The van der Waals surface area contributed by atoms with Crippen LogP contribution >= 0.6 is 0 Å². The van der Waals surface area contributed by atoms with Gasteiger partial charge in [0.15, 0.2) is 0 Å². The summed E-state index contributed by atoms with van der Waals surface area (Å²) in [5, 5.41) is 5.45. The number of nitrogens with one attached hydrogen (secondary N) is 4. The number of aromatic amines is 2. The van der Waals surface area contributed by atoms with Gasteiger partial charge in [0.2, 0.25) is 11.8 Å². The van der Waals surface area contributed by atoms with Crippen molar-refractivity contribution in [2.75, 3.05) is 27.3 Å². The molecule has 5 aromatic rings. The van der Waals surface area contributed by atoms with E-state index in [1.54, 1.807) is 0 Å². The first-order chi connectivity index (χ1) is 28.9. The van der Waals surface area contributed by atoms with Crippen LogP contribution in [0, 0.1) is 11.8 Å². The van der Waals surface area contributed by atoms with E-state index in [1.165, 1.54) is 36.5 Å². The third kappa shape index (κ3) is 7.70. The lowest BCUT2D eigenvalue weighted by Crippen LogP contribution is -2.51. The second-order valence-electron chi connectivity index (χ2n) is 16.8. The van der Waals surface area contributed by atoms with Crippen molar-refractivity contribution < 1.29 is 28.7 Å². The van der Waals surface area contributed by atoms with Crippen LogP contribution in [0.4, 0.5) is 9.59 Å². The smallest absolute Gasteiger partial charge is 0.407 e. The molecule has 0 spiro atoms. The van der Waals surface area contributed by atoms with Gasteiger partial charge < -0.3 is 39.9 Å². The Morgan fingerprint density at radius 1 is 0.700 bits per heavy atom. The average molecular weight is 815 g/mol. The Labute approximate surface area is 349 Å². The fourth-order valence-electron chi connectivity index (χ4n) is 9.22. The predicted molar refractivity (Wildman–Crippen MR) is 229 cm³/mol. The third-order valence-electron chi connectivity index (χ3n) is 12.3. The number of hydrogen-bond donors (Lipinski definition) is 4. The molecule has 60 heavy (non-hydrogen) atoms. The number of benzene rings is 3. The van der Waals surface area contributed by atoms with Gasteiger partial charge in [0.05, 0.1) is 48.4 Å². The van der Waals surface area contributed by atoms with Gasteiger partial charge in [0.1, 0.15) is 23.7 Å². The molecule has 1 aliphatic carbocycles. The number of amides is 4. The van der Waals surface area contributed by atoms with Crippen LogP contribution in [0.1, 0.15) is 100 Å². The zero-order valence-electron chi connectivity index (χ0n) is 35.1. The number of aromatic nitrogens is 4. The lowest BCUT2D eigenvalue weighted by atomic mass is 9.83. The number of likely N-dealkylation sites (tertiary alicyclic amines) is 2. The van der Waals surface area contributed by atoms with Crippen LogP contribution in [-0.2, 0) is 25.5 Å². The highest BCUT2D eigenvalue weighted by Gasteiger charge is 2.39. The second kappa shape index (κ2) is 16.8. The number of methoxy groups -OCH3 is 2. The minimum absolute atomic E-state index is 0.112. The van der Waals surface area contributed by atoms with Crippen LogP contribution in [0.5, 0.6) is 0 Å². The lowest BCUT2D eigenvalue weighted by molar-refractivity contribution is -0.136. The first-order valence-corrected chi connectivity index (χ1v) is 21.1. The molecule has 0 radical (unpaired) electrons. The second-order valence-corrected chi connectivity index (χ2v) is 16.8. The maximum Gasteiger partial charge on any atom is 0.407 e. The number of imidazole rings is 2. The van der Waals surface area contributed by atoms with Crippen LogP contribution < -0.4 is 10.6 Å². The highest BCUT2D eigenvalue weighted by molar-refractivity contribution is 5.92. The molecule has 2 aromatic heterocycles. The molecule has 4 heterocycles. The van der Waals surface area contributed by atoms with E-state index >= 15 is 0 Å². The number of ether oxygens (including phenoxy) is 2. The summed E-state index contributed by atoms with van der Waals surface area (Å²) in [5.41, 5.74) is 10.5. The quantitative estimate of drug-likeness (QED) is 0.112. The van der Waals surface area contributed by atoms with Gasteiger partial charge in [-0.3, -0.25) is 9.59 Å². The Morgan fingerprint density at radius 3 is 1.72 bits per heavy atom. The Hall–Kier alpha value is -6.18. The van der Waals surface area contributed by atoms with E-state index in [0.29, 0.717) is 13.1 Å². The Kier molecular flexibility index (Phi) is 11.4. The summed E-state index contributed by atoms with van der Waals surface area (Å²) in [6.45, 7) is 8.83.